The maximum atomic E-state index is 7.81. The first-order valence-corrected chi connectivity index (χ1v) is 34.1. The smallest absolute Gasteiger partial charge is 0.260 e. The monoisotopic (exact) mass is 1170 g/mol. The highest BCUT2D eigenvalue weighted by molar-refractivity contribution is 7.05. The third-order valence-electron chi connectivity index (χ3n) is 19.0. The number of anilines is 15. The standard InChI is InChI=1S/C80H57B2N5O2Si/c1-90(2)76-45-27-26-44-68(76)86(59-38-20-8-21-39-59)69-47-46-64-79(80(69)90)89-75-51-62(84(56-32-14-5-15-33-56)57-34-16-6-17-35-57)50-74-78(75)82(64)66-52-65-70(53-73(66)88-74)87(60-40-22-9-23-41-60)72-49-61(83(54-28-10-3-11-29-54)55-30-12-4-13-31-55)48-71-77(72)81(65)63-42-24-25-43-67(63)85(71)58-36-18-7-19-37-58/h3-53H,1-2H3. The van der Waals surface area contributed by atoms with Crippen molar-refractivity contribution >= 4 is 150 Å². The molecule has 0 unspecified atom stereocenters. The highest BCUT2D eigenvalue weighted by Gasteiger charge is 2.50. The highest BCUT2D eigenvalue weighted by Crippen LogP contribution is 2.51. The van der Waals surface area contributed by atoms with Crippen LogP contribution < -0.4 is 77.1 Å². The molecule has 10 heteroatoms. The third-order valence-corrected chi connectivity index (χ3v) is 22.5. The lowest BCUT2D eigenvalue weighted by molar-refractivity contribution is 0.466. The number of benzene rings is 13. The Bertz CT molecular complexity index is 4890. The van der Waals surface area contributed by atoms with Crippen LogP contribution in [0.15, 0.2) is 309 Å². The summed E-state index contributed by atoms with van der Waals surface area (Å²) in [6, 6.07) is 113. The van der Waals surface area contributed by atoms with Gasteiger partial charge in [-0.1, -0.05) is 189 Å². The van der Waals surface area contributed by atoms with Crippen molar-refractivity contribution in [1.82, 2.24) is 0 Å². The van der Waals surface area contributed by atoms with E-state index >= 15 is 0 Å². The van der Waals surface area contributed by atoms with E-state index in [4.69, 9.17) is 9.47 Å². The van der Waals surface area contributed by atoms with E-state index in [-0.39, 0.29) is 13.4 Å². The number of para-hydroxylation sites is 9. The summed E-state index contributed by atoms with van der Waals surface area (Å²) >= 11 is 0. The van der Waals surface area contributed by atoms with Crippen molar-refractivity contribution in [2.24, 2.45) is 0 Å². The minimum atomic E-state index is -2.56. The molecule has 5 aliphatic rings. The fraction of sp³-hybridized carbons (Fsp3) is 0.0250. The molecule has 0 atom stereocenters. The van der Waals surface area contributed by atoms with Gasteiger partial charge in [-0.15, -0.1) is 0 Å². The van der Waals surface area contributed by atoms with Gasteiger partial charge in [0.05, 0.1) is 11.4 Å². The predicted octanol–water partition coefficient (Wildman–Crippen LogP) is 16.0. The molecule has 0 amide bonds. The third kappa shape index (κ3) is 7.94. The van der Waals surface area contributed by atoms with E-state index in [1.165, 1.54) is 32.4 Å². The van der Waals surface area contributed by atoms with Crippen molar-refractivity contribution in [3.63, 3.8) is 0 Å². The summed E-state index contributed by atoms with van der Waals surface area (Å²) in [7, 11) is -2.56. The Labute approximate surface area is 526 Å². The quantitative estimate of drug-likeness (QED) is 0.133. The Balaban J connectivity index is 0.924. The van der Waals surface area contributed by atoms with Gasteiger partial charge < -0.3 is 34.0 Å². The normalized spacial score (nSPS) is 13.8. The molecule has 5 heterocycles. The van der Waals surface area contributed by atoms with Crippen molar-refractivity contribution < 1.29 is 9.47 Å². The van der Waals surface area contributed by atoms with Crippen LogP contribution >= 0.6 is 0 Å². The first-order valence-electron chi connectivity index (χ1n) is 31.1. The number of ether oxygens (including phenoxy) is 2. The maximum Gasteiger partial charge on any atom is 0.260 e. The van der Waals surface area contributed by atoms with Crippen LogP contribution in [0.2, 0.25) is 13.1 Å². The Hall–Kier alpha value is -11.2. The summed E-state index contributed by atoms with van der Waals surface area (Å²) in [5, 5.41) is 2.65. The van der Waals surface area contributed by atoms with E-state index in [0.717, 1.165) is 119 Å². The minimum Gasteiger partial charge on any atom is -0.458 e. The van der Waals surface area contributed by atoms with Gasteiger partial charge in [-0.25, -0.2) is 0 Å². The summed E-state index contributed by atoms with van der Waals surface area (Å²) in [5.41, 5.74) is 23.2. The van der Waals surface area contributed by atoms with Crippen molar-refractivity contribution in [2.45, 2.75) is 13.1 Å². The fourth-order valence-corrected chi connectivity index (χ4v) is 18.5. The van der Waals surface area contributed by atoms with E-state index < -0.39 is 8.07 Å². The van der Waals surface area contributed by atoms with Gasteiger partial charge >= 0.3 is 0 Å². The van der Waals surface area contributed by atoms with Crippen LogP contribution in [0, 0.1) is 0 Å². The fourth-order valence-electron chi connectivity index (χ4n) is 15.2. The first-order chi connectivity index (χ1) is 44.4. The zero-order valence-electron chi connectivity index (χ0n) is 49.7. The second kappa shape index (κ2) is 20.5. The van der Waals surface area contributed by atoms with Crippen LogP contribution in [-0.4, -0.2) is 21.5 Å². The molecule has 0 radical (unpaired) electrons. The van der Waals surface area contributed by atoms with E-state index in [1.807, 2.05) is 0 Å². The number of hydrogen-bond donors (Lipinski definition) is 0. The summed E-state index contributed by atoms with van der Waals surface area (Å²) in [6.07, 6.45) is 0. The van der Waals surface area contributed by atoms with Gasteiger partial charge in [-0.2, -0.15) is 0 Å². The second-order valence-electron chi connectivity index (χ2n) is 24.4. The molecule has 0 spiro atoms. The van der Waals surface area contributed by atoms with Crippen LogP contribution in [-0.2, 0) is 0 Å². The van der Waals surface area contributed by atoms with Crippen molar-refractivity contribution in [2.75, 3.05) is 24.5 Å². The molecule has 0 aliphatic carbocycles. The van der Waals surface area contributed by atoms with Crippen molar-refractivity contribution in [3.8, 4) is 23.0 Å². The lowest BCUT2D eigenvalue weighted by Gasteiger charge is -2.46. The van der Waals surface area contributed by atoms with Gasteiger partial charge in [-0.3, -0.25) is 0 Å². The lowest BCUT2D eigenvalue weighted by Crippen LogP contribution is -2.65. The Morgan fingerprint density at radius 1 is 0.289 bits per heavy atom. The van der Waals surface area contributed by atoms with Crippen LogP contribution in [0.3, 0.4) is 0 Å². The highest BCUT2D eigenvalue weighted by atomic mass is 28.3. The predicted molar refractivity (Wildman–Crippen MR) is 379 cm³/mol. The average molecular weight is 1170 g/mol. The van der Waals surface area contributed by atoms with Crippen LogP contribution in [0.4, 0.5) is 85.3 Å². The molecule has 7 nitrogen and oxygen atoms in total. The molecule has 424 valence electrons. The Kier molecular flexibility index (Phi) is 11.8. The van der Waals surface area contributed by atoms with E-state index in [1.54, 1.807) is 0 Å². The van der Waals surface area contributed by atoms with Gasteiger partial charge in [-0.05, 0) is 148 Å². The number of fused-ring (bicyclic) bond motifs is 11. The largest absolute Gasteiger partial charge is 0.458 e. The number of nitrogens with zero attached hydrogens (tertiary/aromatic N) is 5. The molecule has 0 saturated heterocycles. The van der Waals surface area contributed by atoms with E-state index in [0.29, 0.717) is 0 Å². The zero-order valence-corrected chi connectivity index (χ0v) is 50.7. The van der Waals surface area contributed by atoms with Gasteiger partial charge in [0.15, 0.2) is 0 Å². The zero-order chi connectivity index (χ0) is 59.6. The summed E-state index contributed by atoms with van der Waals surface area (Å²) < 4.78 is 15.5. The molecule has 0 fully saturated rings. The van der Waals surface area contributed by atoms with Crippen molar-refractivity contribution in [3.05, 3.63) is 309 Å². The van der Waals surface area contributed by atoms with Gasteiger partial charge in [0.1, 0.15) is 31.1 Å². The second-order valence-corrected chi connectivity index (χ2v) is 28.7. The lowest BCUT2D eigenvalue weighted by atomic mass is 9.31. The first kappa shape index (κ1) is 52.0. The number of hydrogen-bond acceptors (Lipinski definition) is 7. The topological polar surface area (TPSA) is 34.7 Å². The average Bonchev–Trinajstić information content (AvgIpc) is 0.699. The van der Waals surface area contributed by atoms with Crippen LogP contribution in [0.25, 0.3) is 0 Å². The Morgan fingerprint density at radius 3 is 1.24 bits per heavy atom. The van der Waals surface area contributed by atoms with Crippen LogP contribution in [0.5, 0.6) is 23.0 Å². The van der Waals surface area contributed by atoms with Gasteiger partial charge in [0.25, 0.3) is 13.4 Å². The number of rotatable bonds is 9. The maximum absolute atomic E-state index is 7.81. The SMILES string of the molecule is C[Si]1(C)c2ccccc2N(c2ccccc2)c2ccc3c(c21)Oc1cc(N(c2ccccc2)c2ccccc2)cc2c1B3c1cc3c(cc1O2)N(c1ccccc1)c1cc(N(c2ccccc2)c2ccccc2)cc2c1B3c1ccccc1N2c1ccccc1. The summed E-state index contributed by atoms with van der Waals surface area (Å²) in [4.78, 5) is 12.2. The van der Waals surface area contributed by atoms with E-state index in [9.17, 15) is 0 Å². The molecular formula is C80H57B2N5O2Si. The molecular weight excluding hydrogens is 1110 g/mol. The molecule has 18 rings (SSSR count). The van der Waals surface area contributed by atoms with Crippen LogP contribution in [0.1, 0.15) is 0 Å². The van der Waals surface area contributed by atoms with Gasteiger partial charge in [0.2, 0.25) is 0 Å². The summed E-state index contributed by atoms with van der Waals surface area (Å²) in [5.74, 6) is 3.30. The van der Waals surface area contributed by atoms with Gasteiger partial charge in [0, 0.05) is 103 Å². The molecule has 0 aromatic heterocycles. The molecule has 0 bridgehead atoms. The molecule has 0 saturated carbocycles. The molecule has 13 aromatic carbocycles. The minimum absolute atomic E-state index is 0.180. The van der Waals surface area contributed by atoms with E-state index in [2.05, 4.69) is 347 Å². The Morgan fingerprint density at radius 2 is 0.711 bits per heavy atom. The van der Waals surface area contributed by atoms with Crippen molar-refractivity contribution in [1.29, 1.82) is 0 Å². The summed E-state index contributed by atoms with van der Waals surface area (Å²) in [6.45, 7) is 4.57. The molecule has 5 aliphatic heterocycles. The molecule has 0 N–H and O–H groups in total. The molecule has 90 heavy (non-hydrogen) atoms. The molecule has 13 aromatic rings.